The van der Waals surface area contributed by atoms with Gasteiger partial charge in [0, 0.05) is 23.7 Å². The molecule has 1 aromatic heterocycles. The zero-order valence-corrected chi connectivity index (χ0v) is 16.6. The minimum Gasteiger partial charge on any atom is -0.497 e. The highest BCUT2D eigenvalue weighted by Gasteiger charge is 2.20. The summed E-state index contributed by atoms with van der Waals surface area (Å²) in [7, 11) is 1.64. The topological polar surface area (TPSA) is 41.6 Å². The molecule has 1 aliphatic rings. The van der Waals surface area contributed by atoms with Gasteiger partial charge in [0.15, 0.2) is 0 Å². The fourth-order valence-corrected chi connectivity index (χ4v) is 4.96. The van der Waals surface area contributed by atoms with Crippen LogP contribution in [0.3, 0.4) is 0 Å². The maximum absolute atomic E-state index is 12.5. The molecule has 0 unspecified atom stereocenters. The molecule has 0 fully saturated rings. The maximum Gasteiger partial charge on any atom is 0.261 e. The number of nitrogens with one attached hydrogen (secondary N) is 1. The molecule has 0 radical (unpaired) electrons. The number of carbonyl (C=O) groups is 1. The van der Waals surface area contributed by atoms with Crippen LogP contribution >= 0.6 is 23.1 Å². The monoisotopic (exact) mass is 396 g/mol. The molecule has 3 aromatic rings. The van der Waals surface area contributed by atoms with Gasteiger partial charge >= 0.3 is 0 Å². The van der Waals surface area contributed by atoms with Crippen LogP contribution in [0.5, 0.6) is 5.75 Å². The molecule has 1 amide bonds. The van der Waals surface area contributed by atoms with Crippen LogP contribution in [0.2, 0.25) is 0 Å². The van der Waals surface area contributed by atoms with Crippen LogP contribution in [0.25, 0.3) is 0 Å². The number of anilines is 2. The largest absolute Gasteiger partial charge is 0.497 e. The number of thioether (sulfide) groups is 1. The molecule has 0 spiro atoms. The second kappa shape index (κ2) is 8.06. The van der Waals surface area contributed by atoms with E-state index in [0.717, 1.165) is 33.5 Å². The Balaban J connectivity index is 1.44. The molecule has 1 aliphatic heterocycles. The second-order valence-electron chi connectivity index (χ2n) is 6.14. The normalized spacial score (nSPS) is 13.1. The first-order valence-corrected chi connectivity index (χ1v) is 10.5. The number of methoxy groups -OCH3 is 1. The quantitative estimate of drug-likeness (QED) is 0.664. The first-order chi connectivity index (χ1) is 13.2. The Labute approximate surface area is 167 Å². The van der Waals surface area contributed by atoms with Crippen molar-refractivity contribution in [2.45, 2.75) is 11.4 Å². The molecular formula is C21H20N2O2S2. The number of ether oxygens (including phenoxy) is 1. The zero-order chi connectivity index (χ0) is 18.6. The van der Waals surface area contributed by atoms with Crippen LogP contribution in [-0.2, 0) is 6.54 Å². The molecule has 2 heterocycles. The van der Waals surface area contributed by atoms with Gasteiger partial charge in [-0.2, -0.15) is 0 Å². The minimum absolute atomic E-state index is 0.0401. The number of amides is 1. The molecule has 27 heavy (non-hydrogen) atoms. The number of hydrogen-bond acceptors (Lipinski definition) is 5. The number of hydrogen-bond donors (Lipinski definition) is 1. The van der Waals surface area contributed by atoms with E-state index in [1.165, 1.54) is 21.9 Å². The summed E-state index contributed by atoms with van der Waals surface area (Å²) in [5.74, 6) is 1.82. The van der Waals surface area contributed by atoms with Gasteiger partial charge in [0.25, 0.3) is 5.91 Å². The Morgan fingerprint density at radius 1 is 1.11 bits per heavy atom. The predicted molar refractivity (Wildman–Crippen MR) is 113 cm³/mol. The summed E-state index contributed by atoms with van der Waals surface area (Å²) in [4.78, 5) is 16.9. The van der Waals surface area contributed by atoms with Crippen molar-refractivity contribution in [2.75, 3.05) is 24.3 Å². The molecule has 4 rings (SSSR count). The highest BCUT2D eigenvalue weighted by molar-refractivity contribution is 7.99. The van der Waals surface area contributed by atoms with Crippen LogP contribution in [-0.4, -0.2) is 25.3 Å². The third kappa shape index (κ3) is 3.96. The van der Waals surface area contributed by atoms with Crippen molar-refractivity contribution in [1.82, 2.24) is 5.32 Å². The molecule has 0 bridgehead atoms. The lowest BCUT2D eigenvalue weighted by atomic mass is 10.2. The van der Waals surface area contributed by atoms with Crippen molar-refractivity contribution in [3.63, 3.8) is 0 Å². The molecule has 4 nitrogen and oxygen atoms in total. The summed E-state index contributed by atoms with van der Waals surface area (Å²) in [6.45, 7) is 1.45. The van der Waals surface area contributed by atoms with Crippen LogP contribution in [0.15, 0.2) is 65.6 Å². The lowest BCUT2D eigenvalue weighted by Crippen LogP contribution is -2.23. The standard InChI is InChI=1S/C21H20N2O2S2/c1-25-16-8-6-15(7-9-16)14-22-21(24)19-10-11-20(27-19)23-12-13-26-18-5-3-2-4-17(18)23/h2-11H,12-14H2,1H3,(H,22,24). The lowest BCUT2D eigenvalue weighted by molar-refractivity contribution is 0.0955. The summed E-state index contributed by atoms with van der Waals surface area (Å²) in [5.41, 5.74) is 2.27. The number of carbonyl (C=O) groups excluding carboxylic acids is 1. The average molecular weight is 397 g/mol. The third-order valence-corrected chi connectivity index (χ3v) is 6.57. The van der Waals surface area contributed by atoms with E-state index in [9.17, 15) is 4.79 Å². The summed E-state index contributed by atoms with van der Waals surface area (Å²) in [6, 6.07) is 20.1. The Kier molecular flexibility index (Phi) is 5.36. The van der Waals surface area contributed by atoms with Crippen LogP contribution in [0, 0.1) is 0 Å². The predicted octanol–water partition coefficient (Wildman–Crippen LogP) is 4.93. The van der Waals surface area contributed by atoms with E-state index >= 15 is 0 Å². The van der Waals surface area contributed by atoms with Gasteiger partial charge in [-0.1, -0.05) is 24.3 Å². The number of para-hydroxylation sites is 1. The van der Waals surface area contributed by atoms with Gasteiger partial charge in [0.1, 0.15) is 5.75 Å². The first-order valence-electron chi connectivity index (χ1n) is 8.75. The van der Waals surface area contributed by atoms with Gasteiger partial charge in [0.2, 0.25) is 0 Å². The van der Waals surface area contributed by atoms with E-state index in [1.807, 2.05) is 48.2 Å². The summed E-state index contributed by atoms with van der Waals surface area (Å²) in [6.07, 6.45) is 0. The van der Waals surface area contributed by atoms with Crippen LogP contribution < -0.4 is 15.0 Å². The van der Waals surface area contributed by atoms with E-state index in [1.54, 1.807) is 7.11 Å². The fraction of sp³-hybridized carbons (Fsp3) is 0.190. The lowest BCUT2D eigenvalue weighted by Gasteiger charge is -2.29. The average Bonchev–Trinajstić information content (AvgIpc) is 3.22. The Morgan fingerprint density at radius 3 is 2.74 bits per heavy atom. The van der Waals surface area contributed by atoms with Crippen molar-refractivity contribution in [1.29, 1.82) is 0 Å². The minimum atomic E-state index is -0.0401. The Bertz CT molecular complexity index is 937. The van der Waals surface area contributed by atoms with Crippen LogP contribution in [0.4, 0.5) is 10.7 Å². The molecule has 0 saturated heterocycles. The molecule has 0 saturated carbocycles. The van der Waals surface area contributed by atoms with Crippen molar-refractivity contribution in [2.24, 2.45) is 0 Å². The Morgan fingerprint density at radius 2 is 1.93 bits per heavy atom. The molecule has 0 aliphatic carbocycles. The summed E-state index contributed by atoms with van der Waals surface area (Å²) < 4.78 is 5.16. The van der Waals surface area contributed by atoms with Gasteiger partial charge in [-0.05, 0) is 42.0 Å². The third-order valence-electron chi connectivity index (χ3n) is 4.42. The van der Waals surface area contributed by atoms with Crippen molar-refractivity contribution in [3.05, 3.63) is 71.1 Å². The van der Waals surface area contributed by atoms with Crippen molar-refractivity contribution < 1.29 is 9.53 Å². The SMILES string of the molecule is COc1ccc(CNC(=O)c2ccc(N3CCSc4ccccc43)s2)cc1. The number of fused-ring (bicyclic) bond motifs is 1. The first kappa shape index (κ1) is 17.9. The van der Waals surface area contributed by atoms with Crippen molar-refractivity contribution in [3.8, 4) is 5.75 Å². The molecule has 6 heteroatoms. The van der Waals surface area contributed by atoms with E-state index in [-0.39, 0.29) is 5.91 Å². The van der Waals surface area contributed by atoms with Gasteiger partial charge in [-0.25, -0.2) is 0 Å². The number of nitrogens with zero attached hydrogens (tertiary/aromatic N) is 1. The summed E-state index contributed by atoms with van der Waals surface area (Å²) in [5, 5.41) is 4.10. The smallest absolute Gasteiger partial charge is 0.261 e. The van der Waals surface area contributed by atoms with Gasteiger partial charge in [-0.3, -0.25) is 4.79 Å². The highest BCUT2D eigenvalue weighted by atomic mass is 32.2. The number of thiophene rings is 1. The Hall–Kier alpha value is -2.44. The van der Waals surface area contributed by atoms with E-state index in [4.69, 9.17) is 4.74 Å². The van der Waals surface area contributed by atoms with Gasteiger partial charge in [-0.15, -0.1) is 23.1 Å². The molecule has 1 N–H and O–H groups in total. The molecule has 138 valence electrons. The van der Waals surface area contributed by atoms with Crippen LogP contribution in [0.1, 0.15) is 15.2 Å². The van der Waals surface area contributed by atoms with E-state index in [2.05, 4.69) is 34.5 Å². The molecule has 2 aromatic carbocycles. The maximum atomic E-state index is 12.5. The van der Waals surface area contributed by atoms with Crippen molar-refractivity contribution >= 4 is 39.7 Å². The summed E-state index contributed by atoms with van der Waals surface area (Å²) >= 11 is 3.42. The second-order valence-corrected chi connectivity index (χ2v) is 8.34. The number of rotatable bonds is 5. The van der Waals surface area contributed by atoms with Gasteiger partial charge in [0.05, 0.1) is 22.7 Å². The van der Waals surface area contributed by atoms with Gasteiger partial charge < -0.3 is 15.0 Å². The fourth-order valence-electron chi connectivity index (χ4n) is 3.01. The highest BCUT2D eigenvalue weighted by Crippen LogP contribution is 2.41. The molecule has 0 atom stereocenters. The number of benzene rings is 2. The molecular weight excluding hydrogens is 376 g/mol. The van der Waals surface area contributed by atoms with E-state index in [0.29, 0.717) is 6.54 Å². The zero-order valence-electron chi connectivity index (χ0n) is 15.0. The van der Waals surface area contributed by atoms with E-state index < -0.39 is 0 Å².